The minimum atomic E-state index is -0.593. The lowest BCUT2D eigenvalue weighted by Gasteiger charge is -2.12. The molecule has 0 fully saturated rings. The van der Waals surface area contributed by atoms with Crippen LogP contribution in [0.4, 0.5) is 0 Å². The van der Waals surface area contributed by atoms with Gasteiger partial charge < -0.3 is 15.7 Å². The lowest BCUT2D eigenvalue weighted by Crippen LogP contribution is -2.37. The van der Waals surface area contributed by atoms with E-state index in [9.17, 15) is 5.11 Å². The zero-order valence-corrected chi connectivity index (χ0v) is 13.8. The van der Waals surface area contributed by atoms with E-state index in [1.165, 1.54) is 0 Å². The quantitative estimate of drug-likeness (QED) is 0.401. The Bertz CT molecular complexity index is 359. The molecule has 0 radical (unpaired) electrons. The molecule has 5 nitrogen and oxygen atoms in total. The Hall–Kier alpha value is -0.890. The summed E-state index contributed by atoms with van der Waals surface area (Å²) in [4.78, 5) is 8.27. The van der Waals surface area contributed by atoms with Gasteiger partial charge in [0.1, 0.15) is 0 Å². The van der Waals surface area contributed by atoms with Gasteiger partial charge in [0.05, 0.1) is 12.6 Å². The van der Waals surface area contributed by atoms with Crippen LogP contribution in [0.15, 0.2) is 29.5 Å². The fourth-order valence-corrected chi connectivity index (χ4v) is 1.45. The Morgan fingerprint density at radius 2 is 2.00 bits per heavy atom. The number of rotatable bonds is 6. The second-order valence-corrected chi connectivity index (χ2v) is 3.94. The van der Waals surface area contributed by atoms with Crippen molar-refractivity contribution in [1.29, 1.82) is 0 Å². The van der Waals surface area contributed by atoms with E-state index in [-0.39, 0.29) is 24.0 Å². The highest BCUT2D eigenvalue weighted by molar-refractivity contribution is 14.0. The molecule has 0 aromatic carbocycles. The Morgan fingerprint density at radius 3 is 2.58 bits per heavy atom. The van der Waals surface area contributed by atoms with E-state index >= 15 is 0 Å². The maximum Gasteiger partial charge on any atom is 0.191 e. The number of nitrogens with one attached hydrogen (secondary N) is 2. The summed E-state index contributed by atoms with van der Waals surface area (Å²) < 4.78 is 0. The van der Waals surface area contributed by atoms with Crippen molar-refractivity contribution < 1.29 is 5.11 Å². The van der Waals surface area contributed by atoms with Crippen molar-refractivity contribution in [2.24, 2.45) is 4.99 Å². The molecule has 0 saturated heterocycles. The maximum atomic E-state index is 9.97. The number of pyridine rings is 1. The largest absolute Gasteiger partial charge is 0.386 e. The fourth-order valence-electron chi connectivity index (χ4n) is 1.45. The van der Waals surface area contributed by atoms with Crippen molar-refractivity contribution in [1.82, 2.24) is 15.6 Å². The summed E-state index contributed by atoms with van der Waals surface area (Å²) in [6.45, 7) is 6.13. The van der Waals surface area contributed by atoms with Gasteiger partial charge in [-0.25, -0.2) is 0 Å². The minimum Gasteiger partial charge on any atom is -0.386 e. The second-order valence-electron chi connectivity index (χ2n) is 3.94. The van der Waals surface area contributed by atoms with Gasteiger partial charge in [0, 0.05) is 25.5 Å². The summed E-state index contributed by atoms with van der Waals surface area (Å²) in [6, 6.07) is 3.60. The van der Waals surface area contributed by atoms with E-state index < -0.39 is 6.10 Å². The Morgan fingerprint density at radius 1 is 1.32 bits per heavy atom. The predicted octanol–water partition coefficient (Wildman–Crippen LogP) is 1.70. The van der Waals surface area contributed by atoms with Crippen molar-refractivity contribution in [3.8, 4) is 0 Å². The van der Waals surface area contributed by atoms with Gasteiger partial charge in [0.15, 0.2) is 5.96 Å². The van der Waals surface area contributed by atoms with Gasteiger partial charge in [0.2, 0.25) is 0 Å². The Kier molecular flexibility index (Phi) is 10.5. The van der Waals surface area contributed by atoms with Crippen LogP contribution in [0.1, 0.15) is 31.9 Å². The number of halogens is 1. The number of guanidine groups is 1. The lowest BCUT2D eigenvalue weighted by atomic mass is 10.1. The molecule has 108 valence electrons. The molecule has 0 saturated carbocycles. The van der Waals surface area contributed by atoms with Gasteiger partial charge in [-0.2, -0.15) is 0 Å². The van der Waals surface area contributed by atoms with Crippen LogP contribution in [0.25, 0.3) is 0 Å². The third kappa shape index (κ3) is 7.31. The van der Waals surface area contributed by atoms with Gasteiger partial charge in [-0.1, -0.05) is 6.92 Å². The van der Waals surface area contributed by atoms with Gasteiger partial charge in [-0.15, -0.1) is 24.0 Å². The summed E-state index contributed by atoms with van der Waals surface area (Å²) in [7, 11) is 0. The average molecular weight is 378 g/mol. The molecule has 1 heterocycles. The monoisotopic (exact) mass is 378 g/mol. The number of nitrogens with zero attached hydrogens (tertiary/aromatic N) is 2. The van der Waals surface area contributed by atoms with Crippen LogP contribution in [0.2, 0.25) is 0 Å². The fraction of sp³-hybridized carbons (Fsp3) is 0.538. The molecule has 19 heavy (non-hydrogen) atoms. The van der Waals surface area contributed by atoms with Crippen LogP contribution in [0.3, 0.4) is 0 Å². The van der Waals surface area contributed by atoms with E-state index in [0.717, 1.165) is 31.0 Å². The first-order valence-corrected chi connectivity index (χ1v) is 6.38. The van der Waals surface area contributed by atoms with Crippen LogP contribution in [0, 0.1) is 0 Å². The molecule has 0 aliphatic carbocycles. The lowest BCUT2D eigenvalue weighted by molar-refractivity contribution is 0.187. The number of hydrogen-bond donors (Lipinski definition) is 3. The third-order valence-corrected chi connectivity index (χ3v) is 2.40. The van der Waals surface area contributed by atoms with Crippen LogP contribution >= 0.6 is 24.0 Å². The van der Waals surface area contributed by atoms with Crippen molar-refractivity contribution in [3.63, 3.8) is 0 Å². The van der Waals surface area contributed by atoms with Crippen LogP contribution in [-0.4, -0.2) is 35.7 Å². The van der Waals surface area contributed by atoms with Crippen LogP contribution < -0.4 is 10.6 Å². The molecule has 0 aliphatic heterocycles. The number of aliphatic hydroxyl groups excluding tert-OH is 1. The van der Waals surface area contributed by atoms with Gasteiger partial charge in [0.25, 0.3) is 0 Å². The van der Waals surface area contributed by atoms with Crippen LogP contribution in [0.5, 0.6) is 0 Å². The average Bonchev–Trinajstić information content (AvgIpc) is 2.42. The molecule has 0 bridgehead atoms. The van der Waals surface area contributed by atoms with Gasteiger partial charge in [-0.3, -0.25) is 9.98 Å². The first-order valence-electron chi connectivity index (χ1n) is 6.38. The molecular weight excluding hydrogens is 355 g/mol. The highest BCUT2D eigenvalue weighted by Gasteiger charge is 2.06. The number of hydrogen-bond acceptors (Lipinski definition) is 3. The van der Waals surface area contributed by atoms with Crippen molar-refractivity contribution in [3.05, 3.63) is 30.1 Å². The van der Waals surface area contributed by atoms with E-state index in [1.807, 2.05) is 6.92 Å². The van der Waals surface area contributed by atoms with Gasteiger partial charge in [-0.05, 0) is 31.0 Å². The molecule has 1 aromatic rings. The molecule has 3 N–H and O–H groups in total. The highest BCUT2D eigenvalue weighted by Crippen LogP contribution is 2.10. The first kappa shape index (κ1) is 18.1. The summed E-state index contributed by atoms with van der Waals surface area (Å²) in [5.74, 6) is 0.743. The van der Waals surface area contributed by atoms with E-state index in [0.29, 0.717) is 6.54 Å². The third-order valence-electron chi connectivity index (χ3n) is 2.40. The molecule has 1 unspecified atom stereocenters. The molecule has 0 aliphatic rings. The molecule has 6 heteroatoms. The molecule has 0 spiro atoms. The molecule has 1 aromatic heterocycles. The van der Waals surface area contributed by atoms with E-state index in [4.69, 9.17) is 0 Å². The summed E-state index contributed by atoms with van der Waals surface area (Å²) in [6.07, 6.45) is 3.79. The predicted molar refractivity (Wildman–Crippen MR) is 88.9 cm³/mol. The maximum absolute atomic E-state index is 9.97. The van der Waals surface area contributed by atoms with Crippen molar-refractivity contribution in [2.45, 2.75) is 26.4 Å². The topological polar surface area (TPSA) is 69.5 Å². The number of aliphatic imine (C=N–C) groups is 1. The Labute approximate surface area is 132 Å². The first-order chi connectivity index (χ1) is 8.77. The zero-order valence-electron chi connectivity index (χ0n) is 11.5. The SMILES string of the molecule is CCCNC(=NCC(O)c1ccncc1)NCC.I. The normalized spacial score (nSPS) is 12.5. The zero-order chi connectivity index (χ0) is 13.2. The van der Waals surface area contributed by atoms with E-state index in [1.54, 1.807) is 24.5 Å². The molecule has 0 amide bonds. The second kappa shape index (κ2) is 11.0. The number of aliphatic hydroxyl groups is 1. The van der Waals surface area contributed by atoms with Crippen LogP contribution in [-0.2, 0) is 0 Å². The van der Waals surface area contributed by atoms with Gasteiger partial charge >= 0.3 is 0 Å². The molecule has 1 rings (SSSR count). The summed E-state index contributed by atoms with van der Waals surface area (Å²) in [5, 5.41) is 16.3. The highest BCUT2D eigenvalue weighted by atomic mass is 127. The number of aromatic nitrogens is 1. The van der Waals surface area contributed by atoms with E-state index in [2.05, 4.69) is 27.5 Å². The Balaban J connectivity index is 0.00000324. The minimum absolute atomic E-state index is 0. The standard InChI is InChI=1S/C13H22N4O.HI/c1-3-7-16-13(15-4-2)17-10-12(18)11-5-8-14-9-6-11;/h5-6,8-9,12,18H,3-4,7,10H2,1-2H3,(H2,15,16,17);1H. The molecular formula is C13H23IN4O. The van der Waals surface area contributed by atoms with Crippen molar-refractivity contribution >= 4 is 29.9 Å². The summed E-state index contributed by atoms with van der Waals surface area (Å²) >= 11 is 0. The smallest absolute Gasteiger partial charge is 0.191 e. The summed E-state index contributed by atoms with van der Waals surface area (Å²) in [5.41, 5.74) is 0.833. The van der Waals surface area contributed by atoms with Crippen molar-refractivity contribution in [2.75, 3.05) is 19.6 Å². The molecule has 1 atom stereocenters.